The van der Waals surface area contributed by atoms with Gasteiger partial charge in [0, 0.05) is 26.8 Å². The summed E-state index contributed by atoms with van der Waals surface area (Å²) in [4.78, 5) is 38.0. The van der Waals surface area contributed by atoms with Gasteiger partial charge in [-0.05, 0) is 74.0 Å². The van der Waals surface area contributed by atoms with Crippen LogP contribution >= 0.6 is 0 Å². The topological polar surface area (TPSA) is 72.9 Å². The van der Waals surface area contributed by atoms with Gasteiger partial charge in [0.2, 0.25) is 0 Å². The molecule has 0 amide bonds. The highest BCUT2D eigenvalue weighted by Crippen LogP contribution is 2.30. The number of ketones is 1. The van der Waals surface area contributed by atoms with Gasteiger partial charge >= 0.3 is 11.9 Å². The molecule has 0 aromatic heterocycles. The number of rotatable bonds is 8. The summed E-state index contributed by atoms with van der Waals surface area (Å²) in [5, 5.41) is 0. The monoisotopic (exact) mass is 437 g/mol. The van der Waals surface area contributed by atoms with E-state index in [4.69, 9.17) is 9.47 Å². The molecule has 0 spiro atoms. The van der Waals surface area contributed by atoms with Gasteiger partial charge in [-0.3, -0.25) is 19.3 Å². The first-order valence-electron chi connectivity index (χ1n) is 11.1. The summed E-state index contributed by atoms with van der Waals surface area (Å²) in [5.74, 6) is -0.386. The second-order valence-electron chi connectivity index (χ2n) is 8.48. The number of nitrogens with zero attached hydrogens (tertiary/aromatic N) is 1. The van der Waals surface area contributed by atoms with Crippen LogP contribution in [-0.4, -0.2) is 35.2 Å². The Morgan fingerprint density at radius 3 is 2.28 bits per heavy atom. The lowest BCUT2D eigenvalue weighted by Crippen LogP contribution is -2.35. The number of likely N-dealkylation sites (tertiary alicyclic amines) is 1. The zero-order valence-corrected chi connectivity index (χ0v) is 19.3. The minimum absolute atomic E-state index is 0.0649. The van der Waals surface area contributed by atoms with Crippen LogP contribution in [0.3, 0.4) is 0 Å². The fourth-order valence-electron chi connectivity index (χ4n) is 4.13. The van der Waals surface area contributed by atoms with E-state index in [1.54, 1.807) is 18.2 Å². The number of hydrogen-bond donors (Lipinski definition) is 0. The fraction of sp³-hybridized carbons (Fsp3) is 0.423. The molecule has 3 rings (SSSR count). The van der Waals surface area contributed by atoms with Gasteiger partial charge < -0.3 is 9.47 Å². The maximum atomic E-state index is 13.0. The van der Waals surface area contributed by atoms with Crippen LogP contribution in [0.1, 0.15) is 55.4 Å². The van der Waals surface area contributed by atoms with Crippen molar-refractivity contribution in [2.45, 2.75) is 66.0 Å². The molecule has 0 aliphatic carbocycles. The summed E-state index contributed by atoms with van der Waals surface area (Å²) in [6.07, 6.45) is 2.84. The Bertz CT molecular complexity index is 1010. The van der Waals surface area contributed by atoms with Crippen molar-refractivity contribution in [3.63, 3.8) is 0 Å². The van der Waals surface area contributed by atoms with E-state index in [1.165, 1.54) is 30.5 Å². The molecule has 1 unspecified atom stereocenters. The number of ether oxygens (including phenoxy) is 2. The predicted molar refractivity (Wildman–Crippen MR) is 122 cm³/mol. The third-order valence-electron chi connectivity index (χ3n) is 5.87. The van der Waals surface area contributed by atoms with E-state index in [2.05, 4.69) is 36.9 Å². The molecule has 2 aromatic rings. The van der Waals surface area contributed by atoms with E-state index >= 15 is 0 Å². The Morgan fingerprint density at radius 1 is 0.906 bits per heavy atom. The van der Waals surface area contributed by atoms with Gasteiger partial charge in [0.05, 0.1) is 6.04 Å². The average Bonchev–Trinajstić information content (AvgIpc) is 3.18. The van der Waals surface area contributed by atoms with Crippen LogP contribution in [0.25, 0.3) is 0 Å². The largest absolute Gasteiger partial charge is 0.423 e. The van der Waals surface area contributed by atoms with E-state index in [9.17, 15) is 14.4 Å². The number of aryl methyl sites for hydroxylation is 3. The molecule has 1 fully saturated rings. The van der Waals surface area contributed by atoms with Crippen LogP contribution in [0.15, 0.2) is 36.4 Å². The van der Waals surface area contributed by atoms with E-state index in [1.807, 2.05) is 0 Å². The molecular weight excluding hydrogens is 406 g/mol. The van der Waals surface area contributed by atoms with Crippen molar-refractivity contribution in [3.05, 3.63) is 58.7 Å². The molecule has 2 aromatic carbocycles. The van der Waals surface area contributed by atoms with Gasteiger partial charge in [-0.25, -0.2) is 0 Å². The summed E-state index contributed by atoms with van der Waals surface area (Å²) >= 11 is 0. The van der Waals surface area contributed by atoms with Crippen LogP contribution < -0.4 is 9.47 Å². The molecule has 6 nitrogen and oxygen atoms in total. The molecule has 1 aliphatic heterocycles. The van der Waals surface area contributed by atoms with Crippen molar-refractivity contribution in [1.82, 2.24) is 4.90 Å². The smallest absolute Gasteiger partial charge is 0.308 e. The number of carbonyl (C=O) groups is 3. The Morgan fingerprint density at radius 2 is 1.59 bits per heavy atom. The van der Waals surface area contributed by atoms with Crippen LogP contribution in [0.4, 0.5) is 0 Å². The molecule has 0 radical (unpaired) electrons. The number of esters is 2. The molecule has 170 valence electrons. The Labute approximate surface area is 189 Å². The van der Waals surface area contributed by atoms with Crippen molar-refractivity contribution < 1.29 is 23.9 Å². The van der Waals surface area contributed by atoms with Crippen LogP contribution in [0.5, 0.6) is 11.5 Å². The Hall–Kier alpha value is -2.99. The Kier molecular flexibility index (Phi) is 7.80. The predicted octanol–water partition coefficient (Wildman–Crippen LogP) is 4.32. The lowest BCUT2D eigenvalue weighted by molar-refractivity contribution is -0.134. The van der Waals surface area contributed by atoms with E-state index < -0.39 is 11.9 Å². The third-order valence-corrected chi connectivity index (χ3v) is 5.87. The molecule has 32 heavy (non-hydrogen) atoms. The quantitative estimate of drug-likeness (QED) is 0.452. The third kappa shape index (κ3) is 6.26. The maximum Gasteiger partial charge on any atom is 0.308 e. The van der Waals surface area contributed by atoms with Gasteiger partial charge in [0.25, 0.3) is 0 Å². The van der Waals surface area contributed by atoms with Crippen LogP contribution in [0, 0.1) is 13.8 Å². The minimum Gasteiger partial charge on any atom is -0.423 e. The summed E-state index contributed by atoms with van der Waals surface area (Å²) in [6.45, 7) is 8.50. The summed E-state index contributed by atoms with van der Waals surface area (Å²) in [7, 11) is 0. The molecule has 1 aliphatic rings. The summed E-state index contributed by atoms with van der Waals surface area (Å²) in [5.41, 5.74) is 4.63. The van der Waals surface area contributed by atoms with Gasteiger partial charge in [-0.1, -0.05) is 24.3 Å². The van der Waals surface area contributed by atoms with Crippen molar-refractivity contribution in [3.8, 4) is 11.5 Å². The summed E-state index contributed by atoms with van der Waals surface area (Å²) in [6, 6.07) is 11.5. The van der Waals surface area contributed by atoms with E-state index in [-0.39, 0.29) is 23.3 Å². The van der Waals surface area contributed by atoms with Gasteiger partial charge in [-0.15, -0.1) is 0 Å². The normalized spacial score (nSPS) is 16.1. The highest BCUT2D eigenvalue weighted by Gasteiger charge is 2.30. The SMILES string of the molecule is CC(=O)Oc1ccc(CCC(=O)C2CCCN2Cc2ccc(C)c(C)c2)cc1OC(C)=O. The van der Waals surface area contributed by atoms with Gasteiger partial charge in [-0.2, -0.15) is 0 Å². The first-order valence-corrected chi connectivity index (χ1v) is 11.1. The van der Waals surface area contributed by atoms with Crippen molar-refractivity contribution in [2.24, 2.45) is 0 Å². The highest BCUT2D eigenvalue weighted by atomic mass is 16.6. The maximum absolute atomic E-state index is 13.0. The molecule has 0 bridgehead atoms. The van der Waals surface area contributed by atoms with Crippen molar-refractivity contribution in [2.75, 3.05) is 6.54 Å². The van der Waals surface area contributed by atoms with Gasteiger partial charge in [0.1, 0.15) is 5.78 Å². The second-order valence-corrected chi connectivity index (χ2v) is 8.48. The minimum atomic E-state index is -0.500. The zero-order valence-electron chi connectivity index (χ0n) is 19.3. The molecule has 6 heteroatoms. The zero-order chi connectivity index (χ0) is 23.3. The first kappa shape index (κ1) is 23.7. The van der Waals surface area contributed by atoms with Crippen molar-refractivity contribution >= 4 is 17.7 Å². The standard InChI is InChI=1S/C26H31NO5/c1-17-7-8-22(14-18(17)2)16-27-13-5-6-23(27)24(30)11-9-21-10-12-25(31-19(3)28)26(15-21)32-20(4)29/h7-8,10,12,14-15,23H,5-6,9,11,13,16H2,1-4H3. The molecule has 0 N–H and O–H groups in total. The number of benzene rings is 2. The van der Waals surface area contributed by atoms with Crippen molar-refractivity contribution in [1.29, 1.82) is 0 Å². The lowest BCUT2D eigenvalue weighted by Gasteiger charge is -2.24. The second kappa shape index (κ2) is 10.6. The van der Waals surface area contributed by atoms with E-state index in [0.717, 1.165) is 31.5 Å². The molecular formula is C26H31NO5. The number of carbonyl (C=O) groups excluding carboxylic acids is 3. The van der Waals surface area contributed by atoms with E-state index in [0.29, 0.717) is 12.8 Å². The number of hydrogen-bond acceptors (Lipinski definition) is 6. The highest BCUT2D eigenvalue weighted by molar-refractivity contribution is 5.84. The molecule has 0 saturated carbocycles. The van der Waals surface area contributed by atoms with Crippen LogP contribution in [0.2, 0.25) is 0 Å². The van der Waals surface area contributed by atoms with Gasteiger partial charge in [0.15, 0.2) is 11.5 Å². The Balaban J connectivity index is 1.64. The fourth-order valence-corrected chi connectivity index (χ4v) is 4.13. The lowest BCUT2D eigenvalue weighted by atomic mass is 10.0. The first-order chi connectivity index (χ1) is 15.2. The summed E-state index contributed by atoms with van der Waals surface area (Å²) < 4.78 is 10.3. The molecule has 1 saturated heterocycles. The van der Waals surface area contributed by atoms with Crippen LogP contribution in [-0.2, 0) is 27.3 Å². The molecule has 1 atom stereocenters. The number of Topliss-reactive ketones (excluding diaryl/α,β-unsaturated/α-hetero) is 1. The average molecular weight is 438 g/mol. The molecule has 1 heterocycles.